The Labute approximate surface area is 118 Å². The topological polar surface area (TPSA) is 49.5 Å². The molecule has 1 unspecified atom stereocenters. The van der Waals surface area contributed by atoms with Gasteiger partial charge in [-0.2, -0.15) is 0 Å². The first-order valence-corrected chi connectivity index (χ1v) is 6.81. The summed E-state index contributed by atoms with van der Waals surface area (Å²) in [5.74, 6) is -0.387. The molecule has 0 aromatic heterocycles. The Balaban J connectivity index is 2.11. The van der Waals surface area contributed by atoms with E-state index in [0.717, 1.165) is 24.9 Å². The molecule has 1 aliphatic rings. The minimum atomic E-state index is -0.635. The lowest BCUT2D eigenvalue weighted by Crippen LogP contribution is -2.45. The summed E-state index contributed by atoms with van der Waals surface area (Å²) in [6, 6.07) is 4.83. The van der Waals surface area contributed by atoms with E-state index in [4.69, 9.17) is 18.0 Å². The first-order valence-electron chi connectivity index (χ1n) is 6.40. The number of β-amino-alcohol motifs (C(OH)–C–C–N with tert-alkyl or cyclic N) is 1. The molecule has 104 valence electrons. The van der Waals surface area contributed by atoms with Crippen LogP contribution in [0.3, 0.4) is 0 Å². The first kappa shape index (κ1) is 14.4. The summed E-state index contributed by atoms with van der Waals surface area (Å²) in [6.45, 7) is 4.10. The molecule has 1 atom stereocenters. The second kappa shape index (κ2) is 5.53. The van der Waals surface area contributed by atoms with Crippen LogP contribution in [0.4, 0.5) is 4.39 Å². The normalized spacial score (nSPS) is 24.4. The zero-order valence-electron chi connectivity index (χ0n) is 11.0. The Hall–Kier alpha value is -1.04. The van der Waals surface area contributed by atoms with E-state index >= 15 is 0 Å². The first-order chi connectivity index (χ1) is 8.87. The van der Waals surface area contributed by atoms with Crippen LogP contribution < -0.4 is 5.73 Å². The number of hydrogen-bond acceptors (Lipinski definition) is 3. The lowest BCUT2D eigenvalue weighted by Gasteiger charge is -2.36. The largest absolute Gasteiger partial charge is 0.389 e. The number of benzene rings is 1. The number of aliphatic hydroxyl groups is 1. The van der Waals surface area contributed by atoms with Gasteiger partial charge in [0.1, 0.15) is 10.8 Å². The zero-order chi connectivity index (χ0) is 14.0. The van der Waals surface area contributed by atoms with Gasteiger partial charge in [0.25, 0.3) is 0 Å². The van der Waals surface area contributed by atoms with Crippen LogP contribution in [-0.2, 0) is 6.54 Å². The highest BCUT2D eigenvalue weighted by atomic mass is 32.1. The summed E-state index contributed by atoms with van der Waals surface area (Å²) < 4.78 is 13.5. The smallest absolute Gasteiger partial charge is 0.133 e. The molecular weight excluding hydrogens is 263 g/mol. The highest BCUT2D eigenvalue weighted by molar-refractivity contribution is 7.80. The minimum Gasteiger partial charge on any atom is -0.389 e. The molecule has 0 radical (unpaired) electrons. The van der Waals surface area contributed by atoms with E-state index in [0.29, 0.717) is 13.1 Å². The Morgan fingerprint density at radius 1 is 1.58 bits per heavy atom. The third-order valence-corrected chi connectivity index (χ3v) is 3.68. The van der Waals surface area contributed by atoms with Crippen LogP contribution >= 0.6 is 12.2 Å². The third-order valence-electron chi connectivity index (χ3n) is 3.46. The Bertz CT molecular complexity index is 490. The molecule has 1 heterocycles. The van der Waals surface area contributed by atoms with E-state index in [1.807, 2.05) is 6.92 Å². The second-order valence-electron chi connectivity index (χ2n) is 5.49. The van der Waals surface area contributed by atoms with Gasteiger partial charge in [0.2, 0.25) is 0 Å². The summed E-state index contributed by atoms with van der Waals surface area (Å²) >= 11 is 4.83. The molecule has 0 aliphatic carbocycles. The van der Waals surface area contributed by atoms with Crippen molar-refractivity contribution in [3.05, 3.63) is 35.1 Å². The van der Waals surface area contributed by atoms with Crippen LogP contribution in [-0.4, -0.2) is 33.7 Å². The summed E-state index contributed by atoms with van der Waals surface area (Å²) in [4.78, 5) is 2.24. The molecule has 1 saturated heterocycles. The van der Waals surface area contributed by atoms with Crippen molar-refractivity contribution in [2.45, 2.75) is 31.9 Å². The fraction of sp³-hybridized carbons (Fsp3) is 0.500. The molecule has 3 nitrogen and oxygen atoms in total. The van der Waals surface area contributed by atoms with E-state index in [9.17, 15) is 9.50 Å². The molecule has 1 aliphatic heterocycles. The minimum absolute atomic E-state index is 0.0741. The van der Waals surface area contributed by atoms with Gasteiger partial charge in [-0.05, 0) is 44.0 Å². The third kappa shape index (κ3) is 3.72. The van der Waals surface area contributed by atoms with Crippen LogP contribution in [0.5, 0.6) is 0 Å². The van der Waals surface area contributed by atoms with Gasteiger partial charge in [0.15, 0.2) is 0 Å². The standard InChI is InChI=1S/C14H19FN2OS/c1-14(18)5-2-6-17(9-14)8-10-3-4-12(15)11(7-10)13(16)19/h3-4,7,18H,2,5-6,8-9H2,1H3,(H2,16,19). The van der Waals surface area contributed by atoms with Gasteiger partial charge in [-0.25, -0.2) is 4.39 Å². The van der Waals surface area contributed by atoms with Crippen molar-refractivity contribution in [1.82, 2.24) is 4.90 Å². The summed E-state index contributed by atoms with van der Waals surface area (Å²) in [5.41, 5.74) is 6.11. The molecule has 0 amide bonds. The maximum Gasteiger partial charge on any atom is 0.133 e. The number of piperidine rings is 1. The average Bonchev–Trinajstić information content (AvgIpc) is 2.30. The molecule has 3 N–H and O–H groups in total. The second-order valence-corrected chi connectivity index (χ2v) is 5.93. The molecular formula is C14H19FN2OS. The molecule has 0 bridgehead atoms. The van der Waals surface area contributed by atoms with Gasteiger partial charge in [-0.15, -0.1) is 0 Å². The lowest BCUT2D eigenvalue weighted by molar-refractivity contribution is -0.0181. The van der Waals surface area contributed by atoms with Crippen molar-refractivity contribution in [3.63, 3.8) is 0 Å². The van der Waals surface area contributed by atoms with Gasteiger partial charge in [-0.1, -0.05) is 18.3 Å². The number of likely N-dealkylation sites (tertiary alicyclic amines) is 1. The van der Waals surface area contributed by atoms with E-state index in [1.54, 1.807) is 12.1 Å². The van der Waals surface area contributed by atoms with Crippen molar-refractivity contribution in [2.75, 3.05) is 13.1 Å². The van der Waals surface area contributed by atoms with Gasteiger partial charge >= 0.3 is 0 Å². The number of rotatable bonds is 3. The van der Waals surface area contributed by atoms with Crippen molar-refractivity contribution in [3.8, 4) is 0 Å². The maximum absolute atomic E-state index is 13.5. The van der Waals surface area contributed by atoms with E-state index in [1.165, 1.54) is 6.07 Å². The molecule has 2 rings (SSSR count). The molecule has 5 heteroatoms. The summed E-state index contributed by atoms with van der Waals surface area (Å²) in [6.07, 6.45) is 1.79. The van der Waals surface area contributed by atoms with Gasteiger partial charge in [0, 0.05) is 18.7 Å². The molecule has 1 aromatic rings. The molecule has 0 spiro atoms. The monoisotopic (exact) mass is 282 g/mol. The fourth-order valence-electron chi connectivity index (χ4n) is 2.58. The van der Waals surface area contributed by atoms with Crippen molar-refractivity contribution < 1.29 is 9.50 Å². The van der Waals surface area contributed by atoms with Crippen LogP contribution in [0, 0.1) is 5.82 Å². The predicted molar refractivity (Wildman–Crippen MR) is 77.4 cm³/mol. The average molecular weight is 282 g/mol. The lowest BCUT2D eigenvalue weighted by atomic mass is 9.95. The molecule has 1 aromatic carbocycles. The van der Waals surface area contributed by atoms with Crippen molar-refractivity contribution in [2.24, 2.45) is 5.73 Å². The van der Waals surface area contributed by atoms with Gasteiger partial charge in [-0.3, -0.25) is 4.90 Å². The van der Waals surface area contributed by atoms with Crippen LogP contribution in [0.15, 0.2) is 18.2 Å². The maximum atomic E-state index is 13.5. The number of nitrogens with two attached hydrogens (primary N) is 1. The Morgan fingerprint density at radius 2 is 2.32 bits per heavy atom. The fourth-order valence-corrected chi connectivity index (χ4v) is 2.73. The summed E-state index contributed by atoms with van der Waals surface area (Å²) in [7, 11) is 0. The SMILES string of the molecule is CC1(O)CCCN(Cc2ccc(F)c(C(N)=S)c2)C1. The van der Waals surface area contributed by atoms with Gasteiger partial charge < -0.3 is 10.8 Å². The predicted octanol–water partition coefficient (Wildman–Crippen LogP) is 1.81. The van der Waals surface area contributed by atoms with Crippen LogP contribution in [0.1, 0.15) is 30.9 Å². The molecule has 1 fully saturated rings. The molecule has 0 saturated carbocycles. The highest BCUT2D eigenvalue weighted by Gasteiger charge is 2.28. The van der Waals surface area contributed by atoms with E-state index < -0.39 is 5.60 Å². The Morgan fingerprint density at radius 3 is 2.95 bits per heavy atom. The van der Waals surface area contributed by atoms with E-state index in [-0.39, 0.29) is 16.4 Å². The van der Waals surface area contributed by atoms with Crippen LogP contribution in [0.2, 0.25) is 0 Å². The zero-order valence-corrected chi connectivity index (χ0v) is 11.8. The number of thiocarbonyl (C=S) groups is 1. The quantitative estimate of drug-likeness (QED) is 0.830. The van der Waals surface area contributed by atoms with Gasteiger partial charge in [0.05, 0.1) is 5.60 Å². The number of halogens is 1. The summed E-state index contributed by atoms with van der Waals surface area (Å²) in [5, 5.41) is 10.1. The number of nitrogens with zero attached hydrogens (tertiary/aromatic N) is 1. The molecule has 19 heavy (non-hydrogen) atoms. The van der Waals surface area contributed by atoms with E-state index in [2.05, 4.69) is 4.90 Å². The highest BCUT2D eigenvalue weighted by Crippen LogP contribution is 2.22. The van der Waals surface area contributed by atoms with Crippen LogP contribution in [0.25, 0.3) is 0 Å². The van der Waals surface area contributed by atoms with Crippen molar-refractivity contribution in [1.29, 1.82) is 0 Å². The van der Waals surface area contributed by atoms with Crippen molar-refractivity contribution >= 4 is 17.2 Å². The number of hydrogen-bond donors (Lipinski definition) is 2. The Kier molecular flexibility index (Phi) is 4.18.